The molecule has 0 saturated carbocycles. The van der Waals surface area contributed by atoms with Crippen LogP contribution in [0.3, 0.4) is 0 Å². The van der Waals surface area contributed by atoms with Gasteiger partial charge in [-0.15, -0.1) is 0 Å². The molecule has 1 aliphatic rings. The van der Waals surface area contributed by atoms with Crippen LogP contribution in [0, 0.1) is 0 Å². The van der Waals surface area contributed by atoms with Crippen molar-refractivity contribution in [1.29, 1.82) is 0 Å². The third kappa shape index (κ3) is 4.18. The number of benzene rings is 2. The van der Waals surface area contributed by atoms with Gasteiger partial charge in [0.1, 0.15) is 5.75 Å². The van der Waals surface area contributed by atoms with Crippen LogP contribution in [0.2, 0.25) is 0 Å². The predicted octanol–water partition coefficient (Wildman–Crippen LogP) is 4.35. The maximum Gasteiger partial charge on any atom is 0.255 e. The second-order valence-corrected chi connectivity index (χ2v) is 8.24. The summed E-state index contributed by atoms with van der Waals surface area (Å²) in [5.74, 6) is 0.832. The first kappa shape index (κ1) is 20.5. The third-order valence-corrected chi connectivity index (χ3v) is 6.15. The van der Waals surface area contributed by atoms with Gasteiger partial charge in [0, 0.05) is 29.9 Å². The molecule has 1 fully saturated rings. The second-order valence-electron chi connectivity index (χ2n) is 8.24. The Kier molecular flexibility index (Phi) is 5.77. The minimum absolute atomic E-state index is 0.0582. The van der Waals surface area contributed by atoms with Gasteiger partial charge in [-0.1, -0.05) is 12.1 Å². The number of likely N-dealkylation sites (tertiary alicyclic amines) is 1. The summed E-state index contributed by atoms with van der Waals surface area (Å²) >= 11 is 0. The zero-order chi connectivity index (χ0) is 21.9. The van der Waals surface area contributed by atoms with Crippen molar-refractivity contribution >= 4 is 10.9 Å². The number of rotatable bonds is 7. The summed E-state index contributed by atoms with van der Waals surface area (Å²) in [5.41, 5.74) is 3.78. The number of hydrogen-bond donors (Lipinski definition) is 0. The second kappa shape index (κ2) is 9.01. The fraction of sp³-hybridized carbons (Fsp3) is 0.308. The van der Waals surface area contributed by atoms with E-state index in [1.807, 2.05) is 61.8 Å². The summed E-state index contributed by atoms with van der Waals surface area (Å²) in [5, 5.41) is 5.63. The quantitative estimate of drug-likeness (QED) is 0.439. The van der Waals surface area contributed by atoms with E-state index in [-0.39, 0.29) is 5.56 Å². The first-order chi connectivity index (χ1) is 15.7. The molecule has 5 rings (SSSR count). The van der Waals surface area contributed by atoms with Crippen LogP contribution in [-0.2, 0) is 6.54 Å². The predicted molar refractivity (Wildman–Crippen MR) is 128 cm³/mol. The summed E-state index contributed by atoms with van der Waals surface area (Å²) in [6.07, 6.45) is 6.33. The summed E-state index contributed by atoms with van der Waals surface area (Å²) in [7, 11) is 0. The summed E-state index contributed by atoms with van der Waals surface area (Å²) < 4.78 is 9.24. The van der Waals surface area contributed by atoms with E-state index in [2.05, 4.69) is 20.7 Å². The number of fused-ring (bicyclic) bond motifs is 1. The number of pyridine rings is 1. The van der Waals surface area contributed by atoms with E-state index in [4.69, 9.17) is 4.74 Å². The van der Waals surface area contributed by atoms with Crippen molar-refractivity contribution in [2.45, 2.75) is 26.3 Å². The van der Waals surface area contributed by atoms with Crippen LogP contribution in [0.4, 0.5) is 0 Å². The molecule has 0 amide bonds. The average Bonchev–Trinajstić information content (AvgIpc) is 3.48. The van der Waals surface area contributed by atoms with Crippen molar-refractivity contribution < 1.29 is 4.74 Å². The van der Waals surface area contributed by atoms with Crippen molar-refractivity contribution in [3.05, 3.63) is 77.3 Å². The third-order valence-electron chi connectivity index (χ3n) is 6.15. The van der Waals surface area contributed by atoms with Crippen LogP contribution >= 0.6 is 0 Å². The summed E-state index contributed by atoms with van der Waals surface area (Å²) in [4.78, 5) is 15.4. The van der Waals surface area contributed by atoms with Gasteiger partial charge >= 0.3 is 0 Å². The van der Waals surface area contributed by atoms with Gasteiger partial charge in [0.2, 0.25) is 0 Å². The lowest BCUT2D eigenvalue weighted by molar-refractivity contribution is 0.318. The Morgan fingerprint density at radius 1 is 0.938 bits per heavy atom. The topological polar surface area (TPSA) is 52.3 Å². The Hall–Kier alpha value is -3.38. The van der Waals surface area contributed by atoms with Crippen LogP contribution < -0.4 is 10.3 Å². The van der Waals surface area contributed by atoms with E-state index in [1.54, 1.807) is 10.6 Å². The van der Waals surface area contributed by atoms with E-state index in [0.717, 1.165) is 46.6 Å². The first-order valence-electron chi connectivity index (χ1n) is 11.4. The Balaban J connectivity index is 1.37. The number of aromatic nitrogens is 3. The average molecular weight is 429 g/mol. The van der Waals surface area contributed by atoms with E-state index in [0.29, 0.717) is 6.61 Å². The molecule has 0 unspecified atom stereocenters. The maximum atomic E-state index is 12.9. The highest BCUT2D eigenvalue weighted by atomic mass is 16.5. The smallest absolute Gasteiger partial charge is 0.255 e. The molecule has 1 aliphatic heterocycles. The van der Waals surface area contributed by atoms with E-state index >= 15 is 0 Å². The molecule has 2 aromatic carbocycles. The van der Waals surface area contributed by atoms with Gasteiger partial charge in [0.15, 0.2) is 0 Å². The zero-order valence-electron chi connectivity index (χ0n) is 18.4. The van der Waals surface area contributed by atoms with Gasteiger partial charge in [-0.25, -0.2) is 0 Å². The van der Waals surface area contributed by atoms with Crippen molar-refractivity contribution in [1.82, 2.24) is 19.2 Å². The van der Waals surface area contributed by atoms with Crippen molar-refractivity contribution in [3.63, 3.8) is 0 Å². The highest BCUT2D eigenvalue weighted by Crippen LogP contribution is 2.23. The first-order valence-corrected chi connectivity index (χ1v) is 11.4. The lowest BCUT2D eigenvalue weighted by Gasteiger charge is -2.14. The molecule has 0 aliphatic carbocycles. The van der Waals surface area contributed by atoms with Crippen LogP contribution in [-0.4, -0.2) is 45.5 Å². The zero-order valence-corrected chi connectivity index (χ0v) is 18.4. The highest BCUT2D eigenvalue weighted by molar-refractivity contribution is 5.81. The molecule has 0 N–H and O–H groups in total. The minimum Gasteiger partial charge on any atom is -0.494 e. The van der Waals surface area contributed by atoms with Gasteiger partial charge < -0.3 is 9.64 Å². The van der Waals surface area contributed by atoms with Crippen molar-refractivity contribution in [3.8, 4) is 22.6 Å². The number of nitrogens with zero attached hydrogens (tertiary/aromatic N) is 4. The minimum atomic E-state index is -0.0582. The fourth-order valence-electron chi connectivity index (χ4n) is 4.43. The van der Waals surface area contributed by atoms with Crippen molar-refractivity contribution in [2.24, 2.45) is 0 Å². The Morgan fingerprint density at radius 2 is 1.75 bits per heavy atom. The molecule has 1 saturated heterocycles. The Bertz CT molecular complexity index is 1270. The molecular weight excluding hydrogens is 400 g/mol. The molecule has 0 bridgehead atoms. The molecule has 6 nitrogen and oxygen atoms in total. The molecule has 164 valence electrons. The standard InChI is InChI=1S/C26H28N4O2/c1-2-32-24-8-5-20(6-9-24)21-11-14-29(26(31)18-21)23-7-10-25-22(17-23)19-27-30(25)16-15-28-12-3-4-13-28/h5-11,14,17-19H,2-4,12-13,15-16H2,1H3. The van der Waals surface area contributed by atoms with Crippen LogP contribution in [0.15, 0.2) is 71.8 Å². The lowest BCUT2D eigenvalue weighted by atomic mass is 10.1. The van der Waals surface area contributed by atoms with Gasteiger partial charge in [-0.2, -0.15) is 5.10 Å². The molecular formula is C26H28N4O2. The van der Waals surface area contributed by atoms with Gasteiger partial charge in [0.05, 0.1) is 24.9 Å². The Labute approximate surface area is 187 Å². The van der Waals surface area contributed by atoms with Gasteiger partial charge in [-0.05, 0) is 80.4 Å². The molecule has 0 atom stereocenters. The van der Waals surface area contributed by atoms with Crippen LogP contribution in [0.25, 0.3) is 27.7 Å². The highest BCUT2D eigenvalue weighted by Gasteiger charge is 2.12. The maximum absolute atomic E-state index is 12.9. The van der Waals surface area contributed by atoms with Gasteiger partial charge in [0.25, 0.3) is 5.56 Å². The number of ether oxygens (including phenoxy) is 1. The Morgan fingerprint density at radius 3 is 2.50 bits per heavy atom. The van der Waals surface area contributed by atoms with E-state index in [1.165, 1.54) is 25.9 Å². The summed E-state index contributed by atoms with van der Waals surface area (Å²) in [6.45, 7) is 6.91. The largest absolute Gasteiger partial charge is 0.494 e. The molecule has 3 heterocycles. The lowest BCUT2D eigenvalue weighted by Crippen LogP contribution is -2.24. The van der Waals surface area contributed by atoms with Crippen LogP contribution in [0.1, 0.15) is 19.8 Å². The SMILES string of the molecule is CCOc1ccc(-c2ccn(-c3ccc4c(cnn4CCN4CCCC4)c3)c(=O)c2)cc1. The normalized spacial score (nSPS) is 14.3. The van der Waals surface area contributed by atoms with E-state index in [9.17, 15) is 4.79 Å². The summed E-state index contributed by atoms with van der Waals surface area (Å²) in [6, 6.07) is 17.6. The molecule has 6 heteroatoms. The van der Waals surface area contributed by atoms with E-state index < -0.39 is 0 Å². The van der Waals surface area contributed by atoms with Gasteiger partial charge in [-0.3, -0.25) is 14.0 Å². The van der Waals surface area contributed by atoms with Crippen molar-refractivity contribution in [2.75, 3.05) is 26.2 Å². The fourth-order valence-corrected chi connectivity index (χ4v) is 4.43. The molecule has 0 spiro atoms. The number of hydrogen-bond acceptors (Lipinski definition) is 4. The molecule has 0 radical (unpaired) electrons. The molecule has 2 aromatic heterocycles. The monoisotopic (exact) mass is 428 g/mol. The van der Waals surface area contributed by atoms with Crippen LogP contribution in [0.5, 0.6) is 5.75 Å². The molecule has 4 aromatic rings. The molecule has 32 heavy (non-hydrogen) atoms.